The molecule has 3 rings (SSSR count). The van der Waals surface area contributed by atoms with Gasteiger partial charge in [-0.05, 0) is 30.3 Å². The lowest BCUT2D eigenvalue weighted by atomic mass is 9.96. The van der Waals surface area contributed by atoms with Gasteiger partial charge in [0, 0.05) is 38.3 Å². The maximum atomic E-state index is 6.15. The minimum absolute atomic E-state index is 0.312. The summed E-state index contributed by atoms with van der Waals surface area (Å²) in [6.07, 6.45) is 0. The largest absolute Gasteiger partial charge is 0.329 e. The summed E-state index contributed by atoms with van der Waals surface area (Å²) in [6, 6.07) is 16.1. The highest BCUT2D eigenvalue weighted by atomic mass is 15.3. The molecule has 0 saturated carbocycles. The summed E-state index contributed by atoms with van der Waals surface area (Å²) in [6.45, 7) is 6.25. The van der Waals surface area contributed by atoms with Crippen LogP contribution in [0.1, 0.15) is 18.5 Å². The molecule has 0 spiro atoms. The molecule has 2 aromatic rings. The van der Waals surface area contributed by atoms with Crippen molar-refractivity contribution < 1.29 is 0 Å². The minimum atomic E-state index is 0.312. The van der Waals surface area contributed by atoms with Gasteiger partial charge in [0.25, 0.3) is 0 Å². The fourth-order valence-corrected chi connectivity index (χ4v) is 3.37. The number of piperazine rings is 1. The fraction of sp³-hybridized carbons (Fsp3) is 0.444. The van der Waals surface area contributed by atoms with Crippen LogP contribution in [0.15, 0.2) is 42.5 Å². The van der Waals surface area contributed by atoms with Crippen molar-refractivity contribution in [3.63, 3.8) is 0 Å². The third kappa shape index (κ3) is 2.82. The van der Waals surface area contributed by atoms with E-state index in [0.717, 1.165) is 19.6 Å². The van der Waals surface area contributed by atoms with Gasteiger partial charge in [0.05, 0.1) is 0 Å². The molecule has 0 aromatic heterocycles. The lowest BCUT2D eigenvalue weighted by Crippen LogP contribution is -2.52. The minimum Gasteiger partial charge on any atom is -0.329 e. The molecule has 1 heterocycles. The van der Waals surface area contributed by atoms with E-state index in [-0.39, 0.29) is 0 Å². The Kier molecular flexibility index (Phi) is 4.24. The van der Waals surface area contributed by atoms with Gasteiger partial charge >= 0.3 is 0 Å². The van der Waals surface area contributed by atoms with Crippen LogP contribution in [0.4, 0.5) is 0 Å². The highest BCUT2D eigenvalue weighted by Crippen LogP contribution is 2.29. The molecule has 0 radical (unpaired) electrons. The van der Waals surface area contributed by atoms with Crippen molar-refractivity contribution in [3.05, 3.63) is 48.0 Å². The summed E-state index contributed by atoms with van der Waals surface area (Å²) in [4.78, 5) is 4.97. The van der Waals surface area contributed by atoms with Crippen molar-refractivity contribution in [2.24, 2.45) is 5.73 Å². The second-order valence-corrected chi connectivity index (χ2v) is 6.14. The number of benzene rings is 2. The van der Waals surface area contributed by atoms with E-state index in [1.807, 2.05) is 0 Å². The first kappa shape index (κ1) is 14.5. The smallest absolute Gasteiger partial charge is 0.0477 e. The van der Waals surface area contributed by atoms with Crippen LogP contribution in [-0.2, 0) is 0 Å². The van der Waals surface area contributed by atoms with E-state index in [4.69, 9.17) is 5.73 Å². The molecule has 1 fully saturated rings. The predicted molar refractivity (Wildman–Crippen MR) is 89.4 cm³/mol. The third-order valence-electron chi connectivity index (χ3n) is 4.84. The molecule has 2 N–H and O–H groups in total. The molecule has 1 aliphatic heterocycles. The number of hydrogen-bond donors (Lipinski definition) is 1. The zero-order valence-electron chi connectivity index (χ0n) is 13.0. The van der Waals surface area contributed by atoms with E-state index < -0.39 is 0 Å². The average molecular weight is 283 g/mol. The van der Waals surface area contributed by atoms with Crippen molar-refractivity contribution in [3.8, 4) is 0 Å². The van der Waals surface area contributed by atoms with Crippen LogP contribution in [0.5, 0.6) is 0 Å². The van der Waals surface area contributed by atoms with Crippen molar-refractivity contribution >= 4 is 10.8 Å². The van der Waals surface area contributed by atoms with Crippen LogP contribution in [0.2, 0.25) is 0 Å². The molecule has 3 nitrogen and oxygen atoms in total. The zero-order valence-corrected chi connectivity index (χ0v) is 13.0. The Morgan fingerprint density at radius 3 is 2.67 bits per heavy atom. The van der Waals surface area contributed by atoms with Crippen LogP contribution < -0.4 is 5.73 Å². The van der Waals surface area contributed by atoms with Gasteiger partial charge in [0.2, 0.25) is 0 Å². The molecule has 2 unspecified atom stereocenters. The Balaban J connectivity index is 1.95. The normalized spacial score (nSPS) is 22.5. The molecule has 1 saturated heterocycles. The average Bonchev–Trinajstić information content (AvgIpc) is 2.52. The molecule has 112 valence electrons. The summed E-state index contributed by atoms with van der Waals surface area (Å²) in [5.74, 6) is 0. The molecular weight excluding hydrogens is 258 g/mol. The summed E-state index contributed by atoms with van der Waals surface area (Å²) >= 11 is 0. The van der Waals surface area contributed by atoms with Gasteiger partial charge in [0.15, 0.2) is 0 Å². The predicted octanol–water partition coefficient (Wildman–Crippen LogP) is 2.48. The monoisotopic (exact) mass is 283 g/mol. The molecule has 1 aliphatic rings. The summed E-state index contributed by atoms with van der Waals surface area (Å²) in [7, 11) is 2.21. The van der Waals surface area contributed by atoms with Gasteiger partial charge in [0.1, 0.15) is 0 Å². The number of nitrogens with zero attached hydrogens (tertiary/aromatic N) is 2. The highest BCUT2D eigenvalue weighted by Gasteiger charge is 2.27. The van der Waals surface area contributed by atoms with Crippen molar-refractivity contribution in [2.75, 3.05) is 33.2 Å². The molecule has 3 heteroatoms. The fourth-order valence-electron chi connectivity index (χ4n) is 3.37. The summed E-state index contributed by atoms with van der Waals surface area (Å²) in [5.41, 5.74) is 7.52. The van der Waals surface area contributed by atoms with Crippen molar-refractivity contribution in [2.45, 2.75) is 19.0 Å². The zero-order chi connectivity index (χ0) is 14.8. The van der Waals surface area contributed by atoms with Crippen LogP contribution >= 0.6 is 0 Å². The number of likely N-dealkylation sites (N-methyl/N-ethyl adjacent to an activating group) is 1. The van der Waals surface area contributed by atoms with E-state index in [2.05, 4.69) is 66.2 Å². The molecule has 2 aromatic carbocycles. The lowest BCUT2D eigenvalue weighted by molar-refractivity contribution is 0.0746. The van der Waals surface area contributed by atoms with Gasteiger partial charge in [-0.15, -0.1) is 0 Å². The Hall–Kier alpha value is -1.42. The van der Waals surface area contributed by atoms with Gasteiger partial charge in [-0.25, -0.2) is 0 Å². The van der Waals surface area contributed by atoms with Gasteiger partial charge in [-0.1, -0.05) is 42.5 Å². The lowest BCUT2D eigenvalue weighted by Gasteiger charge is -2.42. The molecule has 0 amide bonds. The van der Waals surface area contributed by atoms with Crippen LogP contribution in [0.3, 0.4) is 0 Å². The quantitative estimate of drug-likeness (QED) is 0.939. The summed E-state index contributed by atoms with van der Waals surface area (Å²) in [5, 5.41) is 2.64. The number of rotatable bonds is 3. The molecule has 0 aliphatic carbocycles. The first-order valence-electron chi connectivity index (χ1n) is 7.82. The number of nitrogens with two attached hydrogens (primary N) is 1. The van der Waals surface area contributed by atoms with E-state index in [1.165, 1.54) is 16.3 Å². The molecular formula is C18H25N3. The third-order valence-corrected chi connectivity index (χ3v) is 4.84. The Morgan fingerprint density at radius 1 is 1.14 bits per heavy atom. The molecule has 21 heavy (non-hydrogen) atoms. The van der Waals surface area contributed by atoms with E-state index in [0.29, 0.717) is 18.6 Å². The van der Waals surface area contributed by atoms with Crippen molar-refractivity contribution in [1.29, 1.82) is 0 Å². The topological polar surface area (TPSA) is 32.5 Å². The molecule has 0 bridgehead atoms. The van der Waals surface area contributed by atoms with Crippen LogP contribution in [-0.4, -0.2) is 49.1 Å². The van der Waals surface area contributed by atoms with E-state index >= 15 is 0 Å². The first-order chi connectivity index (χ1) is 10.2. The Labute approximate surface area is 127 Å². The number of fused-ring (bicyclic) bond motifs is 1. The standard InChI is InChI=1S/C18H25N3/c1-14-13-21(11-10-20(14)2)18(12-19)17-9-5-7-15-6-3-4-8-16(15)17/h3-9,14,18H,10-13,19H2,1-2H3. The van der Waals surface area contributed by atoms with Gasteiger partial charge in [-0.2, -0.15) is 0 Å². The van der Waals surface area contributed by atoms with E-state index in [1.54, 1.807) is 0 Å². The van der Waals surface area contributed by atoms with Crippen LogP contribution in [0, 0.1) is 0 Å². The Bertz CT molecular complexity index is 605. The first-order valence-corrected chi connectivity index (χ1v) is 7.82. The van der Waals surface area contributed by atoms with Crippen LogP contribution in [0.25, 0.3) is 10.8 Å². The second-order valence-electron chi connectivity index (χ2n) is 6.14. The van der Waals surface area contributed by atoms with E-state index in [9.17, 15) is 0 Å². The Morgan fingerprint density at radius 2 is 1.90 bits per heavy atom. The van der Waals surface area contributed by atoms with Gasteiger partial charge in [-0.3, -0.25) is 4.90 Å². The maximum absolute atomic E-state index is 6.15. The van der Waals surface area contributed by atoms with Gasteiger partial charge < -0.3 is 10.6 Å². The highest BCUT2D eigenvalue weighted by molar-refractivity contribution is 5.86. The SMILES string of the molecule is CC1CN(C(CN)c2cccc3ccccc23)CCN1C. The van der Waals surface area contributed by atoms with Crippen molar-refractivity contribution in [1.82, 2.24) is 9.80 Å². The maximum Gasteiger partial charge on any atom is 0.0477 e. The summed E-state index contributed by atoms with van der Waals surface area (Å²) < 4.78 is 0. The molecule has 2 atom stereocenters. The second kappa shape index (κ2) is 6.14. The number of hydrogen-bond acceptors (Lipinski definition) is 3.